The second kappa shape index (κ2) is 12.5. The number of nitrogens with one attached hydrogen (secondary N) is 2. The number of hydrogen-bond acceptors (Lipinski definition) is 6. The molecule has 0 aliphatic heterocycles. The van der Waals surface area contributed by atoms with Crippen LogP contribution in [0.1, 0.15) is 37.0 Å². The number of hydrazone groups is 1. The zero-order valence-electron chi connectivity index (χ0n) is 20.1. The fraction of sp³-hybridized carbons (Fsp3) is 0.400. The number of carbonyl (C=O) groups is 2. The SMILES string of the molecule is COc1ccc(OC)c(/C=N\NC(=O)[C@H](CC(C)C)NC(=O)COc2c(C)cccc2C)c1. The summed E-state index contributed by atoms with van der Waals surface area (Å²) >= 11 is 0. The van der Waals surface area contributed by atoms with Crippen molar-refractivity contribution in [3.8, 4) is 17.2 Å². The summed E-state index contributed by atoms with van der Waals surface area (Å²) in [5, 5.41) is 6.79. The maximum atomic E-state index is 12.7. The number of hydrogen-bond donors (Lipinski definition) is 2. The molecule has 0 aromatic heterocycles. The van der Waals surface area contributed by atoms with E-state index in [0.29, 0.717) is 29.2 Å². The molecule has 1 atom stereocenters. The van der Waals surface area contributed by atoms with Gasteiger partial charge in [0.15, 0.2) is 6.61 Å². The van der Waals surface area contributed by atoms with E-state index in [1.54, 1.807) is 32.4 Å². The van der Waals surface area contributed by atoms with Gasteiger partial charge in [0, 0.05) is 5.56 Å². The molecule has 0 bridgehead atoms. The van der Waals surface area contributed by atoms with Crippen molar-refractivity contribution >= 4 is 18.0 Å². The minimum Gasteiger partial charge on any atom is -0.497 e. The van der Waals surface area contributed by atoms with Crippen LogP contribution in [0.3, 0.4) is 0 Å². The van der Waals surface area contributed by atoms with Crippen molar-refractivity contribution in [1.82, 2.24) is 10.7 Å². The third-order valence-corrected chi connectivity index (χ3v) is 4.93. The van der Waals surface area contributed by atoms with E-state index in [1.165, 1.54) is 6.21 Å². The summed E-state index contributed by atoms with van der Waals surface area (Å²) in [4.78, 5) is 25.2. The Hall–Kier alpha value is -3.55. The molecule has 0 saturated carbocycles. The number of aryl methyl sites for hydroxylation is 2. The maximum Gasteiger partial charge on any atom is 0.262 e. The number of methoxy groups -OCH3 is 2. The molecular weight excluding hydrogens is 422 g/mol. The molecule has 2 aromatic carbocycles. The molecule has 33 heavy (non-hydrogen) atoms. The maximum absolute atomic E-state index is 12.7. The molecule has 0 aliphatic carbocycles. The number of para-hydroxylation sites is 1. The lowest BCUT2D eigenvalue weighted by Gasteiger charge is -2.19. The molecule has 2 N–H and O–H groups in total. The van der Waals surface area contributed by atoms with Crippen LogP contribution in [0.4, 0.5) is 0 Å². The summed E-state index contributed by atoms with van der Waals surface area (Å²) in [5.41, 5.74) is 5.04. The van der Waals surface area contributed by atoms with Gasteiger partial charge in [0.05, 0.1) is 20.4 Å². The Bertz CT molecular complexity index is 968. The Kier molecular flexibility index (Phi) is 9.72. The monoisotopic (exact) mass is 455 g/mol. The second-order valence-electron chi connectivity index (χ2n) is 8.10. The van der Waals surface area contributed by atoms with Gasteiger partial charge in [-0.15, -0.1) is 0 Å². The topological polar surface area (TPSA) is 98.3 Å². The fourth-order valence-electron chi connectivity index (χ4n) is 3.29. The largest absolute Gasteiger partial charge is 0.497 e. The van der Waals surface area contributed by atoms with Crippen molar-refractivity contribution < 1.29 is 23.8 Å². The van der Waals surface area contributed by atoms with Gasteiger partial charge >= 0.3 is 0 Å². The lowest BCUT2D eigenvalue weighted by Crippen LogP contribution is -2.47. The molecule has 0 heterocycles. The van der Waals surface area contributed by atoms with Gasteiger partial charge in [-0.05, 0) is 55.5 Å². The molecular formula is C25H33N3O5. The zero-order valence-corrected chi connectivity index (χ0v) is 20.1. The predicted octanol–water partition coefficient (Wildman–Crippen LogP) is 3.38. The molecule has 0 fully saturated rings. The van der Waals surface area contributed by atoms with Crippen molar-refractivity contribution in [2.24, 2.45) is 11.0 Å². The van der Waals surface area contributed by atoms with Crippen LogP contribution in [-0.4, -0.2) is 44.9 Å². The smallest absolute Gasteiger partial charge is 0.262 e. The third kappa shape index (κ3) is 7.82. The van der Waals surface area contributed by atoms with Gasteiger partial charge in [-0.1, -0.05) is 32.0 Å². The molecule has 178 valence electrons. The minimum absolute atomic E-state index is 0.183. The molecule has 2 aromatic rings. The van der Waals surface area contributed by atoms with Crippen LogP contribution >= 0.6 is 0 Å². The Morgan fingerprint density at radius 3 is 2.36 bits per heavy atom. The van der Waals surface area contributed by atoms with Crippen LogP contribution in [0.15, 0.2) is 41.5 Å². The molecule has 0 radical (unpaired) electrons. The van der Waals surface area contributed by atoms with Gasteiger partial charge in [0.25, 0.3) is 11.8 Å². The van der Waals surface area contributed by atoms with E-state index >= 15 is 0 Å². The summed E-state index contributed by atoms with van der Waals surface area (Å²) in [6.45, 7) is 7.61. The molecule has 8 nitrogen and oxygen atoms in total. The van der Waals surface area contributed by atoms with Gasteiger partial charge in [0.1, 0.15) is 23.3 Å². The van der Waals surface area contributed by atoms with Gasteiger partial charge in [-0.2, -0.15) is 5.10 Å². The van der Waals surface area contributed by atoms with Crippen molar-refractivity contribution in [1.29, 1.82) is 0 Å². The second-order valence-corrected chi connectivity index (χ2v) is 8.10. The predicted molar refractivity (Wildman–Crippen MR) is 128 cm³/mol. The highest BCUT2D eigenvalue weighted by molar-refractivity contribution is 5.90. The number of rotatable bonds is 11. The summed E-state index contributed by atoms with van der Waals surface area (Å²) in [7, 11) is 3.11. The molecule has 2 amide bonds. The van der Waals surface area contributed by atoms with Crippen LogP contribution < -0.4 is 25.0 Å². The number of ether oxygens (including phenoxy) is 3. The van der Waals surface area contributed by atoms with E-state index in [9.17, 15) is 9.59 Å². The average Bonchev–Trinajstić information content (AvgIpc) is 2.77. The number of amides is 2. The lowest BCUT2D eigenvalue weighted by atomic mass is 10.0. The molecule has 2 rings (SSSR count). The molecule has 0 saturated heterocycles. The van der Waals surface area contributed by atoms with Crippen LogP contribution in [0.5, 0.6) is 17.2 Å². The first kappa shape index (κ1) is 25.7. The van der Waals surface area contributed by atoms with E-state index in [4.69, 9.17) is 14.2 Å². The van der Waals surface area contributed by atoms with Gasteiger partial charge in [-0.3, -0.25) is 9.59 Å². The molecule has 0 aliphatic rings. The summed E-state index contributed by atoms with van der Waals surface area (Å²) < 4.78 is 16.2. The normalized spacial score (nSPS) is 11.8. The minimum atomic E-state index is -0.747. The summed E-state index contributed by atoms with van der Waals surface area (Å²) in [6, 6.07) is 10.3. The van der Waals surface area contributed by atoms with Crippen molar-refractivity contribution in [2.75, 3.05) is 20.8 Å². The van der Waals surface area contributed by atoms with E-state index < -0.39 is 11.9 Å². The Morgan fingerprint density at radius 2 is 1.76 bits per heavy atom. The van der Waals surface area contributed by atoms with Crippen molar-refractivity contribution in [2.45, 2.75) is 40.2 Å². The van der Waals surface area contributed by atoms with Crippen LogP contribution in [-0.2, 0) is 9.59 Å². The Balaban J connectivity index is 2.01. The van der Waals surface area contributed by atoms with Gasteiger partial charge < -0.3 is 19.5 Å². The summed E-state index contributed by atoms with van der Waals surface area (Å²) in [5.74, 6) is 1.29. The first-order valence-electron chi connectivity index (χ1n) is 10.8. The van der Waals surface area contributed by atoms with Gasteiger partial charge in [0.2, 0.25) is 0 Å². The highest BCUT2D eigenvalue weighted by Gasteiger charge is 2.22. The Morgan fingerprint density at radius 1 is 1.06 bits per heavy atom. The first-order valence-corrected chi connectivity index (χ1v) is 10.8. The molecule has 0 spiro atoms. The fourth-order valence-corrected chi connectivity index (χ4v) is 3.29. The van der Waals surface area contributed by atoms with E-state index in [-0.39, 0.29) is 18.4 Å². The highest BCUT2D eigenvalue weighted by atomic mass is 16.5. The van der Waals surface area contributed by atoms with E-state index in [1.807, 2.05) is 45.9 Å². The quantitative estimate of drug-likeness (QED) is 0.400. The summed E-state index contributed by atoms with van der Waals surface area (Å²) in [6.07, 6.45) is 1.93. The third-order valence-electron chi connectivity index (χ3n) is 4.93. The van der Waals surface area contributed by atoms with Gasteiger partial charge in [-0.25, -0.2) is 5.43 Å². The molecule has 0 unspecified atom stereocenters. The van der Waals surface area contributed by atoms with E-state index in [0.717, 1.165) is 11.1 Å². The lowest BCUT2D eigenvalue weighted by molar-refractivity contribution is -0.130. The number of nitrogens with zero attached hydrogens (tertiary/aromatic N) is 1. The first-order chi connectivity index (χ1) is 15.7. The van der Waals surface area contributed by atoms with Crippen LogP contribution in [0.2, 0.25) is 0 Å². The van der Waals surface area contributed by atoms with E-state index in [2.05, 4.69) is 15.8 Å². The Labute approximate surface area is 195 Å². The number of benzene rings is 2. The average molecular weight is 456 g/mol. The van der Waals surface area contributed by atoms with Crippen molar-refractivity contribution in [3.05, 3.63) is 53.1 Å². The van der Waals surface area contributed by atoms with Crippen LogP contribution in [0.25, 0.3) is 0 Å². The highest BCUT2D eigenvalue weighted by Crippen LogP contribution is 2.23. The van der Waals surface area contributed by atoms with Crippen LogP contribution in [0, 0.1) is 19.8 Å². The standard InChI is InChI=1S/C25H33N3O5/c1-16(2)12-21(27-23(29)15-33-24-17(3)8-7-9-18(24)4)25(30)28-26-14-19-13-20(31-5)10-11-22(19)32-6/h7-11,13-14,16,21H,12,15H2,1-6H3,(H,27,29)(H,28,30)/b26-14-/t21-/m0/s1. The van der Waals surface area contributed by atoms with Crippen molar-refractivity contribution in [3.63, 3.8) is 0 Å². The number of carbonyl (C=O) groups excluding carboxylic acids is 2. The zero-order chi connectivity index (χ0) is 24.4. The molecule has 8 heteroatoms.